The van der Waals surface area contributed by atoms with Gasteiger partial charge in [0.05, 0.1) is 20.8 Å². The van der Waals surface area contributed by atoms with Gasteiger partial charge in [0.2, 0.25) is 11.5 Å². The van der Waals surface area contributed by atoms with Crippen molar-refractivity contribution in [1.29, 1.82) is 0 Å². The van der Waals surface area contributed by atoms with Crippen LogP contribution in [0.4, 0.5) is 0 Å². The van der Waals surface area contributed by atoms with Crippen LogP contribution >= 0.6 is 0 Å². The van der Waals surface area contributed by atoms with Gasteiger partial charge in [0.15, 0.2) is 35.0 Å². The zero-order valence-corrected chi connectivity index (χ0v) is 20.6. The molecule has 194 valence electrons. The summed E-state index contributed by atoms with van der Waals surface area (Å²) in [5, 5.41) is 10.7. The Bertz CT molecular complexity index is 1560. The molecule has 1 N–H and O–H groups in total. The molecule has 5 rings (SSSR count). The Hall–Kier alpha value is -4.76. The van der Waals surface area contributed by atoms with E-state index in [1.54, 1.807) is 36.4 Å². The van der Waals surface area contributed by atoms with E-state index in [1.807, 2.05) is 30.3 Å². The molecule has 0 aliphatic carbocycles. The van der Waals surface area contributed by atoms with Crippen molar-refractivity contribution < 1.29 is 38.0 Å². The molecule has 0 saturated carbocycles. The van der Waals surface area contributed by atoms with Gasteiger partial charge in [-0.1, -0.05) is 36.4 Å². The summed E-state index contributed by atoms with van der Waals surface area (Å²) in [4.78, 5) is 24.2. The first-order chi connectivity index (χ1) is 18.5. The molecule has 0 saturated heterocycles. The number of aliphatic hydroxyl groups is 1. The molecule has 4 aromatic rings. The van der Waals surface area contributed by atoms with Crippen LogP contribution < -0.4 is 29.3 Å². The molecular formula is C29H24O9. The van der Waals surface area contributed by atoms with E-state index in [0.29, 0.717) is 16.7 Å². The van der Waals surface area contributed by atoms with Crippen LogP contribution in [0.1, 0.15) is 17.2 Å². The molecule has 0 radical (unpaired) electrons. The molecule has 9 heteroatoms. The van der Waals surface area contributed by atoms with E-state index in [0.717, 1.165) is 5.56 Å². The number of fused-ring (bicyclic) bond motifs is 3. The molecule has 0 fully saturated rings. The zero-order valence-electron chi connectivity index (χ0n) is 20.6. The van der Waals surface area contributed by atoms with E-state index in [4.69, 9.17) is 28.1 Å². The Morgan fingerprint density at radius 1 is 0.921 bits per heavy atom. The highest BCUT2D eigenvalue weighted by molar-refractivity contribution is 5.89. The van der Waals surface area contributed by atoms with Gasteiger partial charge in [-0.2, -0.15) is 0 Å². The van der Waals surface area contributed by atoms with Gasteiger partial charge in [0.1, 0.15) is 0 Å². The predicted octanol–water partition coefficient (Wildman–Crippen LogP) is 4.30. The van der Waals surface area contributed by atoms with E-state index < -0.39 is 30.4 Å². The van der Waals surface area contributed by atoms with Crippen molar-refractivity contribution in [3.05, 3.63) is 94.4 Å². The highest BCUT2D eigenvalue weighted by Gasteiger charge is 2.37. The maximum absolute atomic E-state index is 12.4. The molecular weight excluding hydrogens is 492 g/mol. The van der Waals surface area contributed by atoms with Crippen LogP contribution in [0.2, 0.25) is 0 Å². The maximum Gasteiger partial charge on any atom is 0.336 e. The fourth-order valence-corrected chi connectivity index (χ4v) is 4.16. The summed E-state index contributed by atoms with van der Waals surface area (Å²) in [7, 11) is 2.93. The van der Waals surface area contributed by atoms with Crippen molar-refractivity contribution in [3.63, 3.8) is 0 Å². The third-order valence-electron chi connectivity index (χ3n) is 5.98. The Morgan fingerprint density at radius 2 is 1.71 bits per heavy atom. The van der Waals surface area contributed by atoms with E-state index in [1.165, 1.54) is 26.4 Å². The van der Waals surface area contributed by atoms with Gasteiger partial charge in [-0.15, -0.1) is 0 Å². The number of hydrogen-bond donors (Lipinski definition) is 1. The Kier molecular flexibility index (Phi) is 7.01. The third kappa shape index (κ3) is 4.91. The van der Waals surface area contributed by atoms with Gasteiger partial charge in [-0.25, -0.2) is 9.59 Å². The van der Waals surface area contributed by atoms with E-state index in [2.05, 4.69) is 0 Å². The number of methoxy groups -OCH3 is 2. The Morgan fingerprint density at radius 3 is 2.45 bits per heavy atom. The van der Waals surface area contributed by atoms with Crippen LogP contribution in [0.15, 0.2) is 82.0 Å². The molecule has 1 aliphatic heterocycles. The number of benzene rings is 3. The zero-order chi connectivity index (χ0) is 26.6. The number of aliphatic hydroxyl groups excluding tert-OH is 1. The van der Waals surface area contributed by atoms with E-state index >= 15 is 0 Å². The van der Waals surface area contributed by atoms with Crippen molar-refractivity contribution in [3.8, 4) is 28.7 Å². The molecule has 1 aromatic heterocycles. The second-order valence-electron chi connectivity index (χ2n) is 8.36. The molecule has 2 unspecified atom stereocenters. The summed E-state index contributed by atoms with van der Waals surface area (Å²) >= 11 is 0. The molecule has 9 nitrogen and oxygen atoms in total. The monoisotopic (exact) mass is 516 g/mol. The van der Waals surface area contributed by atoms with Crippen molar-refractivity contribution >= 4 is 23.0 Å². The van der Waals surface area contributed by atoms with Gasteiger partial charge in [0, 0.05) is 23.1 Å². The Labute approximate surface area is 217 Å². The van der Waals surface area contributed by atoms with Gasteiger partial charge < -0.3 is 33.2 Å². The third-order valence-corrected chi connectivity index (χ3v) is 5.98. The largest absolute Gasteiger partial charge is 0.493 e. The van der Waals surface area contributed by atoms with Gasteiger partial charge in [0.25, 0.3) is 0 Å². The highest BCUT2D eigenvalue weighted by Crippen LogP contribution is 2.50. The minimum atomic E-state index is -0.852. The molecule has 0 bridgehead atoms. The lowest BCUT2D eigenvalue weighted by Crippen LogP contribution is -2.36. The summed E-state index contributed by atoms with van der Waals surface area (Å²) in [6.07, 6.45) is 1.34. The predicted molar refractivity (Wildman–Crippen MR) is 138 cm³/mol. The number of carbonyl (C=O) groups excluding carboxylic acids is 1. The average Bonchev–Trinajstić information content (AvgIpc) is 2.95. The lowest BCUT2D eigenvalue weighted by molar-refractivity contribution is -0.129. The van der Waals surface area contributed by atoms with Gasteiger partial charge >= 0.3 is 11.6 Å². The minimum absolute atomic E-state index is 0.162. The smallest absolute Gasteiger partial charge is 0.336 e. The molecule has 1 aliphatic rings. The topological polar surface area (TPSA) is 114 Å². The summed E-state index contributed by atoms with van der Waals surface area (Å²) in [6.45, 7) is -0.400. The summed E-state index contributed by atoms with van der Waals surface area (Å²) in [5.74, 6) is 0.677. The lowest BCUT2D eigenvalue weighted by atomic mass is 10.0. The number of hydrogen-bond acceptors (Lipinski definition) is 9. The Balaban J connectivity index is 1.44. The number of carbonyl (C=O) groups is 1. The molecule has 2 heterocycles. The number of rotatable bonds is 7. The fraction of sp³-hybridized carbons (Fsp3) is 0.172. The highest BCUT2D eigenvalue weighted by atomic mass is 16.6. The van der Waals surface area contributed by atoms with Crippen molar-refractivity contribution in [1.82, 2.24) is 0 Å². The quantitative estimate of drug-likeness (QED) is 0.166. The first kappa shape index (κ1) is 24.9. The van der Waals surface area contributed by atoms with Crippen LogP contribution in [-0.2, 0) is 4.79 Å². The molecule has 0 amide bonds. The van der Waals surface area contributed by atoms with Gasteiger partial charge in [-0.3, -0.25) is 0 Å². The first-order valence-electron chi connectivity index (χ1n) is 11.7. The summed E-state index contributed by atoms with van der Waals surface area (Å²) < 4.78 is 34.1. The second-order valence-corrected chi connectivity index (χ2v) is 8.36. The van der Waals surface area contributed by atoms with E-state index in [9.17, 15) is 14.7 Å². The minimum Gasteiger partial charge on any atom is -0.493 e. The van der Waals surface area contributed by atoms with Crippen molar-refractivity contribution in [2.24, 2.45) is 0 Å². The molecule has 2 atom stereocenters. The normalized spacial score (nSPS) is 16.4. The van der Waals surface area contributed by atoms with Crippen LogP contribution in [0.5, 0.6) is 28.7 Å². The van der Waals surface area contributed by atoms with Gasteiger partial charge in [-0.05, 0) is 35.9 Å². The number of esters is 1. The van der Waals surface area contributed by atoms with E-state index in [-0.39, 0.29) is 28.6 Å². The molecule has 3 aromatic carbocycles. The summed E-state index contributed by atoms with van der Waals surface area (Å²) in [6, 6.07) is 18.8. The van der Waals surface area contributed by atoms with Crippen LogP contribution in [0, 0.1) is 0 Å². The fourth-order valence-electron chi connectivity index (χ4n) is 4.16. The first-order valence-corrected chi connectivity index (χ1v) is 11.7. The van der Waals surface area contributed by atoms with Crippen LogP contribution in [0.3, 0.4) is 0 Å². The van der Waals surface area contributed by atoms with Crippen LogP contribution in [0.25, 0.3) is 17.0 Å². The lowest BCUT2D eigenvalue weighted by Gasteiger charge is -2.34. The number of ether oxygens (including phenoxy) is 5. The van der Waals surface area contributed by atoms with Crippen molar-refractivity contribution in [2.45, 2.75) is 12.2 Å². The molecule has 0 spiro atoms. The average molecular weight is 517 g/mol. The summed E-state index contributed by atoms with van der Waals surface area (Å²) in [5.41, 5.74) is 1.08. The molecule has 38 heavy (non-hydrogen) atoms. The second kappa shape index (κ2) is 10.7. The standard InChI is InChI=1S/C29H24O9/c1-33-21-14-18(9-11-20(21)35-24(31)12-8-17-6-4-3-5-7-17)26-23(16-30)36-29-27-19(10-13-25(32)37-27)15-22(34-2)28(29)38-26/h3-15,23,26,30H,16H2,1-2H3. The maximum atomic E-state index is 12.4. The van der Waals surface area contributed by atoms with Crippen LogP contribution in [-0.4, -0.2) is 38.0 Å². The SMILES string of the molecule is COc1cc(C2Oc3c(OC)cc4ccc(=O)oc4c3OC2CO)ccc1OC(=O)C=Cc1ccccc1. The van der Waals surface area contributed by atoms with Crippen molar-refractivity contribution in [2.75, 3.05) is 20.8 Å².